The second-order valence-corrected chi connectivity index (χ2v) is 7.75. The van der Waals surface area contributed by atoms with Gasteiger partial charge in [-0.2, -0.15) is 4.31 Å². The van der Waals surface area contributed by atoms with Gasteiger partial charge in [-0.05, 0) is 29.8 Å². The summed E-state index contributed by atoms with van der Waals surface area (Å²) in [6, 6.07) is 6.91. The van der Waals surface area contributed by atoms with Crippen molar-refractivity contribution in [1.82, 2.24) is 9.29 Å². The Morgan fingerprint density at radius 1 is 1.25 bits per heavy atom. The molecule has 20 heavy (non-hydrogen) atoms. The topological polar surface area (TPSA) is 70.5 Å². The zero-order valence-electron chi connectivity index (χ0n) is 11.1. The van der Waals surface area contributed by atoms with E-state index in [2.05, 4.69) is 4.98 Å². The maximum atomic E-state index is 12.4. The number of aliphatic hydroxyl groups is 1. The van der Waals surface area contributed by atoms with Gasteiger partial charge in [-0.1, -0.05) is 0 Å². The van der Waals surface area contributed by atoms with Crippen molar-refractivity contribution in [2.75, 3.05) is 13.7 Å². The van der Waals surface area contributed by atoms with Crippen LogP contribution in [0.25, 0.3) is 0 Å². The molecule has 7 heteroatoms. The number of nitrogens with zero attached hydrogens (tertiary/aromatic N) is 2. The van der Waals surface area contributed by atoms with Crippen LogP contribution in [0.15, 0.2) is 40.9 Å². The molecule has 108 valence electrons. The van der Waals surface area contributed by atoms with E-state index in [0.717, 1.165) is 10.4 Å². The lowest BCUT2D eigenvalue weighted by atomic mass is 10.3. The highest BCUT2D eigenvalue weighted by atomic mass is 32.2. The number of aromatic nitrogens is 1. The highest BCUT2D eigenvalue weighted by molar-refractivity contribution is 7.91. The molecule has 0 aliphatic carbocycles. The lowest BCUT2D eigenvalue weighted by molar-refractivity contribution is 0.300. The Hall–Kier alpha value is -1.28. The van der Waals surface area contributed by atoms with Gasteiger partial charge in [0.25, 0.3) is 10.0 Å². The molecule has 0 unspecified atom stereocenters. The first-order valence-electron chi connectivity index (χ1n) is 6.09. The van der Waals surface area contributed by atoms with Crippen LogP contribution in [0.5, 0.6) is 0 Å². The van der Waals surface area contributed by atoms with Crippen LogP contribution < -0.4 is 0 Å². The Morgan fingerprint density at radius 2 is 1.95 bits per heavy atom. The molecule has 0 amide bonds. The number of sulfonamides is 1. The fourth-order valence-electron chi connectivity index (χ4n) is 1.73. The van der Waals surface area contributed by atoms with Crippen molar-refractivity contribution in [3.63, 3.8) is 0 Å². The molecule has 0 saturated carbocycles. The summed E-state index contributed by atoms with van der Waals surface area (Å²) in [4.78, 5) is 4.77. The fraction of sp³-hybridized carbons (Fsp3) is 0.308. The van der Waals surface area contributed by atoms with Gasteiger partial charge in [0.1, 0.15) is 4.21 Å². The number of pyridine rings is 1. The van der Waals surface area contributed by atoms with E-state index in [9.17, 15) is 8.42 Å². The van der Waals surface area contributed by atoms with Gasteiger partial charge in [-0.15, -0.1) is 11.3 Å². The van der Waals surface area contributed by atoms with E-state index in [0.29, 0.717) is 17.2 Å². The van der Waals surface area contributed by atoms with E-state index in [-0.39, 0.29) is 6.61 Å². The summed E-state index contributed by atoms with van der Waals surface area (Å²) in [5, 5.41) is 8.88. The van der Waals surface area contributed by atoms with Crippen molar-refractivity contribution in [3.8, 4) is 0 Å². The molecule has 1 N–H and O–H groups in total. The molecular weight excluding hydrogens is 296 g/mol. The summed E-state index contributed by atoms with van der Waals surface area (Å²) in [5.41, 5.74) is 0.887. The highest BCUT2D eigenvalue weighted by Gasteiger charge is 2.22. The monoisotopic (exact) mass is 312 g/mol. The second-order valence-electron chi connectivity index (χ2n) is 4.31. The number of hydrogen-bond acceptors (Lipinski definition) is 5. The molecule has 0 fully saturated rings. The molecule has 2 aromatic rings. The van der Waals surface area contributed by atoms with Crippen molar-refractivity contribution >= 4 is 21.4 Å². The van der Waals surface area contributed by atoms with Gasteiger partial charge in [-0.25, -0.2) is 8.42 Å². The lowest BCUT2D eigenvalue weighted by Gasteiger charge is -2.15. The Morgan fingerprint density at radius 3 is 2.60 bits per heavy atom. The van der Waals surface area contributed by atoms with Crippen molar-refractivity contribution in [2.45, 2.75) is 17.2 Å². The molecule has 2 heterocycles. The first-order chi connectivity index (χ1) is 9.54. The Balaban J connectivity index is 2.16. The zero-order chi connectivity index (χ0) is 14.6. The fourth-order valence-corrected chi connectivity index (χ4v) is 4.44. The number of rotatable bonds is 6. The molecule has 0 atom stereocenters. The predicted octanol–water partition coefficient (Wildman–Crippen LogP) is 1.50. The standard InChI is InChI=1S/C13H16N2O3S2/c1-15(10-11-4-7-14-8-5-11)20(17,18)13-3-2-12(19-13)6-9-16/h2-5,7-8,16H,6,9-10H2,1H3. The van der Waals surface area contributed by atoms with Crippen LogP contribution in [-0.2, 0) is 23.0 Å². The van der Waals surface area contributed by atoms with Crippen molar-refractivity contribution in [3.05, 3.63) is 47.1 Å². The van der Waals surface area contributed by atoms with Crippen LogP contribution >= 0.6 is 11.3 Å². The number of hydrogen-bond donors (Lipinski definition) is 1. The summed E-state index contributed by atoms with van der Waals surface area (Å²) in [5.74, 6) is 0. The van der Waals surface area contributed by atoms with Gasteiger partial charge < -0.3 is 5.11 Å². The third kappa shape index (κ3) is 3.43. The first kappa shape index (κ1) is 15.1. The van der Waals surface area contributed by atoms with E-state index in [1.165, 1.54) is 15.6 Å². The molecule has 2 rings (SSSR count). The Bertz CT molecular complexity index is 653. The summed E-state index contributed by atoms with van der Waals surface area (Å²) >= 11 is 1.20. The maximum absolute atomic E-state index is 12.4. The molecule has 5 nitrogen and oxygen atoms in total. The van der Waals surface area contributed by atoms with Crippen LogP contribution in [0.4, 0.5) is 0 Å². The minimum atomic E-state index is -3.48. The van der Waals surface area contributed by atoms with Crippen LogP contribution in [0.2, 0.25) is 0 Å². The number of aliphatic hydroxyl groups excluding tert-OH is 1. The largest absolute Gasteiger partial charge is 0.396 e. The van der Waals surface area contributed by atoms with Crippen LogP contribution in [-0.4, -0.2) is 36.5 Å². The van der Waals surface area contributed by atoms with Gasteiger partial charge >= 0.3 is 0 Å². The third-order valence-electron chi connectivity index (χ3n) is 2.81. The van der Waals surface area contributed by atoms with Gasteiger partial charge in [0.15, 0.2) is 0 Å². The third-order valence-corrected chi connectivity index (χ3v) is 6.23. The molecule has 0 aromatic carbocycles. The molecule has 2 aromatic heterocycles. The summed E-state index contributed by atoms with van der Waals surface area (Å²) in [7, 11) is -1.93. The Labute approximate surface area is 122 Å². The van der Waals surface area contributed by atoms with Crippen LogP contribution in [0, 0.1) is 0 Å². The van der Waals surface area contributed by atoms with E-state index in [1.807, 2.05) is 0 Å². The van der Waals surface area contributed by atoms with Crippen LogP contribution in [0.3, 0.4) is 0 Å². The minimum Gasteiger partial charge on any atom is -0.396 e. The minimum absolute atomic E-state index is 0.0207. The normalized spacial score (nSPS) is 11.9. The molecule has 0 aliphatic rings. The smallest absolute Gasteiger partial charge is 0.252 e. The SMILES string of the molecule is CN(Cc1ccncc1)S(=O)(=O)c1ccc(CCO)s1. The molecular formula is C13H16N2O3S2. The van der Waals surface area contributed by atoms with Crippen molar-refractivity contribution in [2.24, 2.45) is 0 Å². The van der Waals surface area contributed by atoms with Crippen molar-refractivity contribution in [1.29, 1.82) is 0 Å². The zero-order valence-corrected chi connectivity index (χ0v) is 12.7. The lowest BCUT2D eigenvalue weighted by Crippen LogP contribution is -2.25. The molecule has 0 bridgehead atoms. The van der Waals surface area contributed by atoms with E-state index in [4.69, 9.17) is 5.11 Å². The van der Waals surface area contributed by atoms with E-state index in [1.54, 1.807) is 43.7 Å². The van der Waals surface area contributed by atoms with Gasteiger partial charge in [0.2, 0.25) is 0 Å². The summed E-state index contributed by atoms with van der Waals surface area (Å²) in [6.45, 7) is 0.324. The average molecular weight is 312 g/mol. The van der Waals surface area contributed by atoms with Crippen molar-refractivity contribution < 1.29 is 13.5 Å². The highest BCUT2D eigenvalue weighted by Crippen LogP contribution is 2.25. The Kier molecular flexibility index (Phi) is 4.87. The molecule has 0 spiro atoms. The second kappa shape index (κ2) is 6.45. The molecule has 0 aliphatic heterocycles. The van der Waals surface area contributed by atoms with Gasteiger partial charge in [0, 0.05) is 43.9 Å². The van der Waals surface area contributed by atoms with E-state index < -0.39 is 10.0 Å². The summed E-state index contributed by atoms with van der Waals surface area (Å²) in [6.07, 6.45) is 3.76. The van der Waals surface area contributed by atoms with Crippen LogP contribution in [0.1, 0.15) is 10.4 Å². The van der Waals surface area contributed by atoms with E-state index >= 15 is 0 Å². The summed E-state index contributed by atoms with van der Waals surface area (Å²) < 4.78 is 26.4. The van der Waals surface area contributed by atoms with Gasteiger partial charge in [0.05, 0.1) is 0 Å². The molecule has 0 saturated heterocycles. The average Bonchev–Trinajstić information content (AvgIpc) is 2.89. The quantitative estimate of drug-likeness (QED) is 0.877. The first-order valence-corrected chi connectivity index (χ1v) is 8.34. The maximum Gasteiger partial charge on any atom is 0.252 e. The van der Waals surface area contributed by atoms with Gasteiger partial charge in [-0.3, -0.25) is 4.98 Å². The predicted molar refractivity (Wildman–Crippen MR) is 78.0 cm³/mol. The molecule has 0 radical (unpaired) electrons. The number of thiophene rings is 1.